The monoisotopic (exact) mass is 260 g/mol. The van der Waals surface area contributed by atoms with Crippen LogP contribution >= 0.6 is 0 Å². The minimum absolute atomic E-state index is 0.372. The standard InChI is InChI=1S/C17H28N2/c1-4-13(3)19(5-2)17(12-18)16-9-7-6-8-15(16)14-10-11-14/h6-9,13-14,17H,4-5,10-12,18H2,1-3H3. The Morgan fingerprint density at radius 1 is 1.26 bits per heavy atom. The molecule has 1 aromatic carbocycles. The normalized spacial score (nSPS) is 18.6. The molecule has 2 heteroatoms. The molecule has 2 atom stereocenters. The molecule has 0 spiro atoms. The summed E-state index contributed by atoms with van der Waals surface area (Å²) in [6.45, 7) is 8.59. The van der Waals surface area contributed by atoms with E-state index in [2.05, 4.69) is 49.9 Å². The number of nitrogens with two attached hydrogens (primary N) is 1. The molecule has 2 rings (SSSR count). The van der Waals surface area contributed by atoms with Crippen molar-refractivity contribution in [1.82, 2.24) is 4.90 Å². The molecule has 2 unspecified atom stereocenters. The van der Waals surface area contributed by atoms with Crippen molar-refractivity contribution in [2.75, 3.05) is 13.1 Å². The first-order valence-corrected chi connectivity index (χ1v) is 7.77. The highest BCUT2D eigenvalue weighted by Crippen LogP contribution is 2.43. The Labute approximate surface area is 118 Å². The van der Waals surface area contributed by atoms with E-state index in [0.717, 1.165) is 12.5 Å². The van der Waals surface area contributed by atoms with Crippen LogP contribution in [0.2, 0.25) is 0 Å². The van der Waals surface area contributed by atoms with Crippen LogP contribution in [0.5, 0.6) is 0 Å². The Morgan fingerprint density at radius 3 is 2.47 bits per heavy atom. The Bertz CT molecular complexity index is 398. The minimum Gasteiger partial charge on any atom is -0.329 e. The van der Waals surface area contributed by atoms with E-state index in [-0.39, 0.29) is 0 Å². The van der Waals surface area contributed by atoms with Crippen molar-refractivity contribution in [3.05, 3.63) is 35.4 Å². The summed E-state index contributed by atoms with van der Waals surface area (Å²) in [5, 5.41) is 0. The van der Waals surface area contributed by atoms with Gasteiger partial charge in [0, 0.05) is 18.6 Å². The van der Waals surface area contributed by atoms with Crippen LogP contribution < -0.4 is 5.73 Å². The smallest absolute Gasteiger partial charge is 0.0475 e. The highest BCUT2D eigenvalue weighted by Gasteiger charge is 2.30. The molecule has 1 fully saturated rings. The van der Waals surface area contributed by atoms with Gasteiger partial charge in [0.1, 0.15) is 0 Å². The van der Waals surface area contributed by atoms with Gasteiger partial charge in [0.2, 0.25) is 0 Å². The zero-order chi connectivity index (χ0) is 13.8. The highest BCUT2D eigenvalue weighted by atomic mass is 15.2. The van der Waals surface area contributed by atoms with Crippen LogP contribution in [-0.4, -0.2) is 24.0 Å². The van der Waals surface area contributed by atoms with Gasteiger partial charge in [0.25, 0.3) is 0 Å². The van der Waals surface area contributed by atoms with Crippen LogP contribution in [0.1, 0.15) is 63.1 Å². The lowest BCUT2D eigenvalue weighted by Gasteiger charge is -2.36. The van der Waals surface area contributed by atoms with Gasteiger partial charge >= 0.3 is 0 Å². The number of hydrogen-bond acceptors (Lipinski definition) is 2. The van der Waals surface area contributed by atoms with Crippen molar-refractivity contribution in [2.24, 2.45) is 5.73 Å². The molecule has 1 saturated carbocycles. The molecule has 1 aliphatic carbocycles. The second-order valence-corrected chi connectivity index (χ2v) is 5.74. The molecule has 1 aromatic rings. The highest BCUT2D eigenvalue weighted by molar-refractivity contribution is 5.36. The van der Waals surface area contributed by atoms with Gasteiger partial charge in [0.05, 0.1) is 0 Å². The van der Waals surface area contributed by atoms with Crippen molar-refractivity contribution in [1.29, 1.82) is 0 Å². The maximum absolute atomic E-state index is 6.12. The molecule has 0 aliphatic heterocycles. The Hall–Kier alpha value is -0.860. The molecule has 19 heavy (non-hydrogen) atoms. The van der Waals surface area contributed by atoms with Gasteiger partial charge in [-0.1, -0.05) is 38.1 Å². The molecule has 0 amide bonds. The van der Waals surface area contributed by atoms with Crippen LogP contribution in [0.3, 0.4) is 0 Å². The fraction of sp³-hybridized carbons (Fsp3) is 0.647. The lowest BCUT2D eigenvalue weighted by Crippen LogP contribution is -2.40. The molecule has 0 radical (unpaired) electrons. The van der Waals surface area contributed by atoms with Crippen molar-refractivity contribution >= 4 is 0 Å². The van der Waals surface area contributed by atoms with Gasteiger partial charge < -0.3 is 5.73 Å². The molecular weight excluding hydrogens is 232 g/mol. The van der Waals surface area contributed by atoms with Crippen LogP contribution in [0, 0.1) is 0 Å². The molecule has 106 valence electrons. The number of benzene rings is 1. The predicted molar refractivity (Wildman–Crippen MR) is 82.3 cm³/mol. The molecule has 0 aromatic heterocycles. The van der Waals surface area contributed by atoms with E-state index in [1.807, 2.05) is 0 Å². The average molecular weight is 260 g/mol. The van der Waals surface area contributed by atoms with Gasteiger partial charge in [-0.15, -0.1) is 0 Å². The lowest BCUT2D eigenvalue weighted by molar-refractivity contribution is 0.151. The SMILES string of the molecule is CCC(C)N(CC)C(CN)c1ccccc1C1CC1. The summed E-state index contributed by atoms with van der Waals surface area (Å²) >= 11 is 0. The maximum Gasteiger partial charge on any atom is 0.0475 e. The summed E-state index contributed by atoms with van der Waals surface area (Å²) in [4.78, 5) is 2.56. The number of nitrogens with zero attached hydrogens (tertiary/aromatic N) is 1. The lowest BCUT2D eigenvalue weighted by atomic mass is 9.95. The van der Waals surface area contributed by atoms with Gasteiger partial charge in [-0.05, 0) is 49.8 Å². The second kappa shape index (κ2) is 6.53. The summed E-state index contributed by atoms with van der Waals surface area (Å²) in [5.41, 5.74) is 9.13. The van der Waals surface area contributed by atoms with Crippen LogP contribution in [0.4, 0.5) is 0 Å². The summed E-state index contributed by atoms with van der Waals surface area (Å²) in [6, 6.07) is 9.89. The van der Waals surface area contributed by atoms with Crippen LogP contribution in [0.15, 0.2) is 24.3 Å². The maximum atomic E-state index is 6.12. The number of rotatable bonds is 7. The predicted octanol–water partition coefficient (Wildman–Crippen LogP) is 3.68. The molecule has 2 N–H and O–H groups in total. The molecule has 0 bridgehead atoms. The number of likely N-dealkylation sites (N-methyl/N-ethyl adjacent to an activating group) is 1. The van der Waals surface area contributed by atoms with E-state index in [1.54, 1.807) is 5.56 Å². The largest absolute Gasteiger partial charge is 0.329 e. The summed E-state index contributed by atoms with van der Waals surface area (Å²) in [5.74, 6) is 0.792. The van der Waals surface area contributed by atoms with Gasteiger partial charge in [0.15, 0.2) is 0 Å². The Balaban J connectivity index is 2.30. The third-order valence-electron chi connectivity index (χ3n) is 4.52. The van der Waals surface area contributed by atoms with E-state index in [4.69, 9.17) is 5.73 Å². The first-order chi connectivity index (χ1) is 9.22. The zero-order valence-corrected chi connectivity index (χ0v) is 12.6. The zero-order valence-electron chi connectivity index (χ0n) is 12.6. The van der Waals surface area contributed by atoms with E-state index in [1.165, 1.54) is 24.8 Å². The molecule has 1 aliphatic rings. The topological polar surface area (TPSA) is 29.3 Å². The van der Waals surface area contributed by atoms with E-state index in [0.29, 0.717) is 18.6 Å². The first-order valence-electron chi connectivity index (χ1n) is 7.77. The van der Waals surface area contributed by atoms with Gasteiger partial charge in [-0.2, -0.15) is 0 Å². The van der Waals surface area contributed by atoms with E-state index in [9.17, 15) is 0 Å². The van der Waals surface area contributed by atoms with Gasteiger partial charge in [-0.3, -0.25) is 4.90 Å². The van der Waals surface area contributed by atoms with E-state index >= 15 is 0 Å². The fourth-order valence-corrected chi connectivity index (χ4v) is 3.10. The summed E-state index contributed by atoms with van der Waals surface area (Å²) < 4.78 is 0. The third-order valence-corrected chi connectivity index (χ3v) is 4.52. The molecule has 2 nitrogen and oxygen atoms in total. The average Bonchev–Trinajstić information content (AvgIpc) is 3.28. The van der Waals surface area contributed by atoms with Crippen LogP contribution in [-0.2, 0) is 0 Å². The van der Waals surface area contributed by atoms with Gasteiger partial charge in [-0.25, -0.2) is 0 Å². The summed E-state index contributed by atoms with van der Waals surface area (Å²) in [7, 11) is 0. The molecule has 0 heterocycles. The molecular formula is C17H28N2. The number of hydrogen-bond donors (Lipinski definition) is 1. The Kier molecular flexibility index (Phi) is 5.00. The second-order valence-electron chi connectivity index (χ2n) is 5.74. The van der Waals surface area contributed by atoms with E-state index < -0.39 is 0 Å². The fourth-order valence-electron chi connectivity index (χ4n) is 3.10. The Morgan fingerprint density at radius 2 is 1.95 bits per heavy atom. The third kappa shape index (κ3) is 3.18. The molecule has 0 saturated heterocycles. The van der Waals surface area contributed by atoms with Crippen molar-refractivity contribution in [3.63, 3.8) is 0 Å². The van der Waals surface area contributed by atoms with Crippen LogP contribution in [0.25, 0.3) is 0 Å². The van der Waals surface area contributed by atoms with Crippen molar-refractivity contribution in [2.45, 2.75) is 58.0 Å². The minimum atomic E-state index is 0.372. The summed E-state index contributed by atoms with van der Waals surface area (Å²) in [6.07, 6.45) is 3.88. The van der Waals surface area contributed by atoms with Crippen molar-refractivity contribution in [3.8, 4) is 0 Å². The van der Waals surface area contributed by atoms with Crippen molar-refractivity contribution < 1.29 is 0 Å². The first kappa shape index (κ1) is 14.5. The quantitative estimate of drug-likeness (QED) is 0.810.